The van der Waals surface area contributed by atoms with Crippen LogP contribution in [0.3, 0.4) is 0 Å². The van der Waals surface area contributed by atoms with Gasteiger partial charge in [-0.1, -0.05) is 23.7 Å². The summed E-state index contributed by atoms with van der Waals surface area (Å²) in [6.07, 6.45) is -8.28. The van der Waals surface area contributed by atoms with E-state index < -0.39 is 47.2 Å². The fourth-order valence-electron chi connectivity index (χ4n) is 3.75. The van der Waals surface area contributed by atoms with Gasteiger partial charge in [0.1, 0.15) is 0 Å². The highest BCUT2D eigenvalue weighted by atomic mass is 35.5. The van der Waals surface area contributed by atoms with E-state index in [1.165, 1.54) is 16.7 Å². The first-order valence-corrected chi connectivity index (χ1v) is 11.2. The minimum atomic E-state index is -5.10. The molecule has 1 saturated carbocycles. The van der Waals surface area contributed by atoms with Crippen molar-refractivity contribution in [3.63, 3.8) is 0 Å². The van der Waals surface area contributed by atoms with Gasteiger partial charge in [0.25, 0.3) is 11.8 Å². The maximum Gasteiger partial charge on any atom is 0.416 e. The summed E-state index contributed by atoms with van der Waals surface area (Å²) >= 11 is 6.25. The monoisotopic (exact) mass is 532 g/mol. The summed E-state index contributed by atoms with van der Waals surface area (Å²) in [7, 11) is 0. The lowest BCUT2D eigenvalue weighted by Gasteiger charge is -2.23. The van der Waals surface area contributed by atoms with E-state index in [0.717, 1.165) is 25.0 Å². The highest BCUT2D eigenvalue weighted by molar-refractivity contribution is 6.34. The molecule has 1 unspecified atom stereocenters. The second-order valence-electron chi connectivity index (χ2n) is 8.32. The quantitative estimate of drug-likeness (QED) is 0.403. The van der Waals surface area contributed by atoms with Crippen molar-refractivity contribution in [2.24, 2.45) is 0 Å². The number of imidazole rings is 1. The van der Waals surface area contributed by atoms with Crippen LogP contribution in [0, 0.1) is 0 Å². The third kappa shape index (κ3) is 5.28. The van der Waals surface area contributed by atoms with Crippen LogP contribution < -0.4 is 10.6 Å². The molecule has 0 spiro atoms. The number of carbonyl (C=O) groups is 2. The number of hydrogen-bond donors (Lipinski definition) is 2. The molecule has 0 bridgehead atoms. The number of benzene rings is 2. The molecular formula is C23H19ClF6N4O2. The summed E-state index contributed by atoms with van der Waals surface area (Å²) in [6.45, 7) is 1.73. The molecule has 36 heavy (non-hydrogen) atoms. The van der Waals surface area contributed by atoms with Crippen LogP contribution in [0.25, 0.3) is 11.0 Å². The Morgan fingerprint density at radius 2 is 1.81 bits per heavy atom. The van der Waals surface area contributed by atoms with Gasteiger partial charge < -0.3 is 15.2 Å². The van der Waals surface area contributed by atoms with Crippen molar-refractivity contribution in [2.45, 2.75) is 50.7 Å². The average Bonchev–Trinajstić information content (AvgIpc) is 3.53. The zero-order valence-electron chi connectivity index (χ0n) is 18.6. The molecule has 0 saturated heterocycles. The number of halogens is 7. The van der Waals surface area contributed by atoms with Crippen LogP contribution in [0.2, 0.25) is 5.02 Å². The van der Waals surface area contributed by atoms with Gasteiger partial charge in [-0.3, -0.25) is 9.59 Å². The molecule has 0 radical (unpaired) electrons. The predicted molar refractivity (Wildman–Crippen MR) is 119 cm³/mol. The van der Waals surface area contributed by atoms with Crippen molar-refractivity contribution in [1.29, 1.82) is 0 Å². The third-order valence-corrected chi connectivity index (χ3v) is 5.98. The van der Waals surface area contributed by atoms with Crippen LogP contribution in [0.4, 0.5) is 26.3 Å². The normalized spacial score (nSPS) is 15.1. The summed E-state index contributed by atoms with van der Waals surface area (Å²) < 4.78 is 81.9. The molecular weight excluding hydrogens is 514 g/mol. The minimum Gasteiger partial charge on any atom is -0.349 e. The zero-order valence-corrected chi connectivity index (χ0v) is 19.4. The molecule has 4 rings (SSSR count). The topological polar surface area (TPSA) is 76.0 Å². The van der Waals surface area contributed by atoms with Gasteiger partial charge in [0.05, 0.1) is 27.2 Å². The maximum absolute atomic E-state index is 13.8. The van der Waals surface area contributed by atoms with E-state index in [2.05, 4.69) is 10.3 Å². The summed E-state index contributed by atoms with van der Waals surface area (Å²) in [5, 5.41) is 4.60. The van der Waals surface area contributed by atoms with E-state index in [-0.39, 0.29) is 28.7 Å². The number of alkyl halides is 6. The molecule has 1 aromatic heterocycles. The lowest BCUT2D eigenvalue weighted by atomic mass is 10.0. The standard InChI is InChI=1S/C23H19ClF6N4O2/c1-2-34-17-10-15(24)14(20(35)31-13-6-7-13)9-16(17)32-19(34)21(36)33-18(23(28,29)30)11-4-3-5-12(8-11)22(25,26)27/h3-5,8-10,13,18H,2,6-7H2,1H3,(H,31,35)(H,33,36). The lowest BCUT2D eigenvalue weighted by molar-refractivity contribution is -0.156. The Bertz CT molecular complexity index is 1330. The van der Waals surface area contributed by atoms with Gasteiger partial charge >= 0.3 is 12.4 Å². The molecule has 192 valence electrons. The van der Waals surface area contributed by atoms with Gasteiger partial charge in [0.15, 0.2) is 11.9 Å². The fraction of sp³-hybridized carbons (Fsp3) is 0.348. The van der Waals surface area contributed by atoms with Crippen LogP contribution in [-0.4, -0.2) is 33.6 Å². The molecule has 1 atom stereocenters. The molecule has 1 fully saturated rings. The summed E-state index contributed by atoms with van der Waals surface area (Å²) in [5.74, 6) is -2.11. The van der Waals surface area contributed by atoms with E-state index in [1.807, 2.05) is 0 Å². The lowest BCUT2D eigenvalue weighted by Crippen LogP contribution is -2.39. The van der Waals surface area contributed by atoms with E-state index in [1.54, 1.807) is 12.2 Å². The Morgan fingerprint density at radius 3 is 2.39 bits per heavy atom. The van der Waals surface area contributed by atoms with Gasteiger partial charge in [0, 0.05) is 12.6 Å². The van der Waals surface area contributed by atoms with E-state index >= 15 is 0 Å². The van der Waals surface area contributed by atoms with E-state index in [4.69, 9.17) is 11.6 Å². The first-order valence-electron chi connectivity index (χ1n) is 10.8. The van der Waals surface area contributed by atoms with Gasteiger partial charge in [-0.05, 0) is 49.6 Å². The van der Waals surface area contributed by atoms with Gasteiger partial charge in [-0.25, -0.2) is 4.98 Å². The van der Waals surface area contributed by atoms with Gasteiger partial charge in [-0.15, -0.1) is 0 Å². The molecule has 2 amide bonds. The molecule has 2 N–H and O–H groups in total. The fourth-order valence-corrected chi connectivity index (χ4v) is 3.99. The molecule has 13 heteroatoms. The number of hydrogen-bond acceptors (Lipinski definition) is 3. The van der Waals surface area contributed by atoms with Crippen LogP contribution in [0.1, 0.15) is 57.9 Å². The third-order valence-electron chi connectivity index (χ3n) is 5.66. The van der Waals surface area contributed by atoms with Crippen molar-refractivity contribution in [3.05, 3.63) is 63.9 Å². The van der Waals surface area contributed by atoms with Crippen LogP contribution in [-0.2, 0) is 12.7 Å². The number of nitrogens with zero attached hydrogens (tertiary/aromatic N) is 2. The Labute approximate surface area is 205 Å². The largest absolute Gasteiger partial charge is 0.416 e. The number of aromatic nitrogens is 2. The molecule has 6 nitrogen and oxygen atoms in total. The Morgan fingerprint density at radius 1 is 1.11 bits per heavy atom. The van der Waals surface area contributed by atoms with E-state index in [0.29, 0.717) is 17.6 Å². The van der Waals surface area contributed by atoms with Crippen molar-refractivity contribution < 1.29 is 35.9 Å². The molecule has 0 aliphatic heterocycles. The second-order valence-corrected chi connectivity index (χ2v) is 8.73. The summed E-state index contributed by atoms with van der Waals surface area (Å²) in [6, 6.07) is 2.71. The number of carbonyl (C=O) groups excluding carboxylic acids is 2. The van der Waals surface area contributed by atoms with E-state index in [9.17, 15) is 35.9 Å². The zero-order chi connectivity index (χ0) is 26.4. The van der Waals surface area contributed by atoms with Gasteiger partial charge in [0.2, 0.25) is 0 Å². The maximum atomic E-state index is 13.8. The Balaban J connectivity index is 1.70. The van der Waals surface area contributed by atoms with Crippen LogP contribution in [0.5, 0.6) is 0 Å². The van der Waals surface area contributed by atoms with Crippen molar-refractivity contribution in [1.82, 2.24) is 20.2 Å². The molecule has 1 aliphatic carbocycles. The highest BCUT2D eigenvalue weighted by Crippen LogP contribution is 2.36. The number of rotatable bonds is 6. The number of fused-ring (bicyclic) bond motifs is 1. The van der Waals surface area contributed by atoms with Crippen molar-refractivity contribution >= 4 is 34.4 Å². The first kappa shape index (κ1) is 25.8. The Hall–Kier alpha value is -3.28. The van der Waals surface area contributed by atoms with Crippen molar-refractivity contribution in [3.8, 4) is 0 Å². The second kappa shape index (κ2) is 9.30. The minimum absolute atomic E-state index is 0.0500. The summed E-state index contributed by atoms with van der Waals surface area (Å²) in [4.78, 5) is 29.5. The smallest absolute Gasteiger partial charge is 0.349 e. The number of amides is 2. The summed E-state index contributed by atoms with van der Waals surface area (Å²) in [5.41, 5.74) is -1.52. The number of aryl methyl sites for hydroxylation is 1. The number of nitrogens with one attached hydrogen (secondary N) is 2. The van der Waals surface area contributed by atoms with Crippen molar-refractivity contribution in [2.75, 3.05) is 0 Å². The first-order chi connectivity index (χ1) is 16.8. The van der Waals surface area contributed by atoms with Gasteiger partial charge in [-0.2, -0.15) is 26.3 Å². The highest BCUT2D eigenvalue weighted by Gasteiger charge is 2.43. The predicted octanol–water partition coefficient (Wildman–Crippen LogP) is 5.65. The SMILES string of the molecule is CCn1c(C(=O)NC(c2cccc(C(F)(F)F)c2)C(F)(F)F)nc2cc(C(=O)NC3CC3)c(Cl)cc21. The Kier molecular flexibility index (Phi) is 6.67. The van der Waals surface area contributed by atoms with Crippen LogP contribution >= 0.6 is 11.6 Å². The molecule has 2 aromatic carbocycles. The molecule has 3 aromatic rings. The molecule has 1 aliphatic rings. The molecule has 1 heterocycles. The average molecular weight is 533 g/mol. The van der Waals surface area contributed by atoms with Crippen LogP contribution in [0.15, 0.2) is 36.4 Å².